The van der Waals surface area contributed by atoms with Gasteiger partial charge < -0.3 is 4.74 Å². The molecule has 1 heterocycles. The molecule has 19 heavy (non-hydrogen) atoms. The van der Waals surface area contributed by atoms with Gasteiger partial charge in [0.15, 0.2) is 0 Å². The highest BCUT2D eigenvalue weighted by atomic mass is 127. The first-order valence-electron chi connectivity index (χ1n) is 5.58. The summed E-state index contributed by atoms with van der Waals surface area (Å²) >= 11 is 9.94. The van der Waals surface area contributed by atoms with Gasteiger partial charge in [0.25, 0.3) is 0 Å². The number of methoxy groups -OCH3 is 1. The lowest BCUT2D eigenvalue weighted by Crippen LogP contribution is -2.03. The zero-order valence-electron chi connectivity index (χ0n) is 10.3. The highest BCUT2D eigenvalue weighted by Gasteiger charge is 2.10. The van der Waals surface area contributed by atoms with Crippen molar-refractivity contribution in [2.45, 2.75) is 17.3 Å². The van der Waals surface area contributed by atoms with Crippen molar-refractivity contribution in [1.29, 1.82) is 0 Å². The van der Waals surface area contributed by atoms with Crippen LogP contribution in [0.2, 0.25) is 5.15 Å². The van der Waals surface area contributed by atoms with Gasteiger partial charge in [-0.15, -0.1) is 11.8 Å². The summed E-state index contributed by atoms with van der Waals surface area (Å²) in [6.45, 7) is 0.448. The van der Waals surface area contributed by atoms with E-state index in [1.165, 1.54) is 4.90 Å². The second kappa shape index (κ2) is 7.42. The molecule has 0 aliphatic rings. The molecule has 0 N–H and O–H groups in total. The largest absolute Gasteiger partial charge is 0.378 e. The summed E-state index contributed by atoms with van der Waals surface area (Å²) in [4.78, 5) is 9.98. The Morgan fingerprint density at radius 2 is 2.00 bits per heavy atom. The van der Waals surface area contributed by atoms with Crippen molar-refractivity contribution in [3.8, 4) is 0 Å². The van der Waals surface area contributed by atoms with Crippen molar-refractivity contribution in [2.24, 2.45) is 0 Å². The molecular formula is C13H12ClIN2OS. The lowest BCUT2D eigenvalue weighted by atomic mass is 10.4. The number of thioether (sulfide) groups is 1. The standard InChI is InChI=1S/C13H12ClIN2OS/c1-18-7-10-12(15)13(14)17-11(16-10)8-19-9-5-3-2-4-6-9/h2-6H,7-8H2,1H3. The minimum Gasteiger partial charge on any atom is -0.378 e. The molecule has 0 atom stereocenters. The Hall–Kier alpha value is -0.370. The molecule has 2 aromatic rings. The van der Waals surface area contributed by atoms with E-state index in [9.17, 15) is 0 Å². The monoisotopic (exact) mass is 406 g/mol. The third-order valence-electron chi connectivity index (χ3n) is 2.32. The molecule has 1 aromatic heterocycles. The predicted octanol–water partition coefficient (Wildman–Crippen LogP) is 4.17. The number of benzene rings is 1. The van der Waals surface area contributed by atoms with E-state index in [0.29, 0.717) is 17.5 Å². The maximum atomic E-state index is 6.11. The molecule has 0 bridgehead atoms. The molecule has 0 spiro atoms. The van der Waals surface area contributed by atoms with Crippen LogP contribution >= 0.6 is 46.0 Å². The van der Waals surface area contributed by atoms with Gasteiger partial charge in [-0.05, 0) is 34.7 Å². The van der Waals surface area contributed by atoms with Crippen LogP contribution in [0, 0.1) is 3.57 Å². The summed E-state index contributed by atoms with van der Waals surface area (Å²) in [5, 5.41) is 0.492. The lowest BCUT2D eigenvalue weighted by Gasteiger charge is -2.07. The third kappa shape index (κ3) is 4.30. The molecule has 0 aliphatic heterocycles. The number of hydrogen-bond acceptors (Lipinski definition) is 4. The highest BCUT2D eigenvalue weighted by molar-refractivity contribution is 14.1. The van der Waals surface area contributed by atoms with Crippen molar-refractivity contribution >= 4 is 46.0 Å². The third-order valence-corrected chi connectivity index (χ3v) is 5.05. The Morgan fingerprint density at radius 3 is 2.68 bits per heavy atom. The predicted molar refractivity (Wildman–Crippen MR) is 86.5 cm³/mol. The number of rotatable bonds is 5. The minimum absolute atomic E-state index is 0.448. The molecule has 6 heteroatoms. The zero-order chi connectivity index (χ0) is 13.7. The number of ether oxygens (including phenoxy) is 1. The van der Waals surface area contributed by atoms with E-state index >= 15 is 0 Å². The van der Waals surface area contributed by atoms with E-state index in [1.54, 1.807) is 18.9 Å². The molecule has 2 rings (SSSR count). The van der Waals surface area contributed by atoms with Crippen molar-refractivity contribution in [3.05, 3.63) is 50.6 Å². The van der Waals surface area contributed by atoms with Gasteiger partial charge in [-0.3, -0.25) is 0 Å². The Morgan fingerprint density at radius 1 is 1.26 bits per heavy atom. The van der Waals surface area contributed by atoms with Crippen LogP contribution < -0.4 is 0 Å². The summed E-state index contributed by atoms with van der Waals surface area (Å²) in [6.07, 6.45) is 0. The smallest absolute Gasteiger partial charge is 0.146 e. The van der Waals surface area contributed by atoms with E-state index in [0.717, 1.165) is 15.1 Å². The molecule has 0 amide bonds. The fourth-order valence-electron chi connectivity index (χ4n) is 1.47. The van der Waals surface area contributed by atoms with E-state index < -0.39 is 0 Å². The van der Waals surface area contributed by atoms with Gasteiger partial charge in [-0.1, -0.05) is 29.8 Å². The van der Waals surface area contributed by atoms with Crippen LogP contribution in [0.15, 0.2) is 35.2 Å². The van der Waals surface area contributed by atoms with E-state index in [1.807, 2.05) is 18.2 Å². The molecule has 0 aliphatic carbocycles. The average molecular weight is 407 g/mol. The number of halogens is 2. The Kier molecular flexibility index (Phi) is 5.87. The molecule has 0 saturated carbocycles. The van der Waals surface area contributed by atoms with Crippen molar-refractivity contribution < 1.29 is 4.74 Å². The molecule has 3 nitrogen and oxygen atoms in total. The molecule has 100 valence electrons. The van der Waals surface area contributed by atoms with Crippen LogP contribution in [0.5, 0.6) is 0 Å². The van der Waals surface area contributed by atoms with E-state index in [2.05, 4.69) is 44.7 Å². The molecular weight excluding hydrogens is 395 g/mol. The van der Waals surface area contributed by atoms with Crippen LogP contribution in [0.25, 0.3) is 0 Å². The van der Waals surface area contributed by atoms with Gasteiger partial charge in [-0.25, -0.2) is 9.97 Å². The maximum Gasteiger partial charge on any atom is 0.146 e. The van der Waals surface area contributed by atoms with E-state index in [4.69, 9.17) is 16.3 Å². The summed E-state index contributed by atoms with van der Waals surface area (Å²) in [5.74, 6) is 1.42. The molecule has 0 radical (unpaired) electrons. The summed E-state index contributed by atoms with van der Waals surface area (Å²) in [5.41, 5.74) is 0.840. The number of nitrogens with zero attached hydrogens (tertiary/aromatic N) is 2. The SMILES string of the molecule is COCc1nc(CSc2ccccc2)nc(Cl)c1I. The topological polar surface area (TPSA) is 35.0 Å². The highest BCUT2D eigenvalue weighted by Crippen LogP contribution is 2.24. The minimum atomic E-state index is 0.448. The maximum absolute atomic E-state index is 6.11. The molecule has 0 saturated heterocycles. The quantitative estimate of drug-likeness (QED) is 0.424. The summed E-state index contributed by atoms with van der Waals surface area (Å²) in [6, 6.07) is 10.2. The van der Waals surface area contributed by atoms with Gasteiger partial charge in [0.1, 0.15) is 11.0 Å². The average Bonchev–Trinajstić information content (AvgIpc) is 2.43. The first kappa shape index (κ1) is 15.0. The summed E-state index contributed by atoms with van der Waals surface area (Å²) < 4.78 is 5.98. The molecule has 0 fully saturated rings. The second-order valence-corrected chi connectivity index (χ2v) is 6.21. The lowest BCUT2D eigenvalue weighted by molar-refractivity contribution is 0.180. The van der Waals surface area contributed by atoms with Gasteiger partial charge >= 0.3 is 0 Å². The van der Waals surface area contributed by atoms with Crippen LogP contribution in [0.1, 0.15) is 11.5 Å². The van der Waals surface area contributed by atoms with Gasteiger partial charge in [0.2, 0.25) is 0 Å². The first-order chi connectivity index (χ1) is 9.20. The number of aromatic nitrogens is 2. The second-order valence-electron chi connectivity index (χ2n) is 3.73. The van der Waals surface area contributed by atoms with Crippen LogP contribution in [-0.4, -0.2) is 17.1 Å². The van der Waals surface area contributed by atoms with Crippen molar-refractivity contribution in [3.63, 3.8) is 0 Å². The van der Waals surface area contributed by atoms with Crippen molar-refractivity contribution in [2.75, 3.05) is 7.11 Å². The van der Waals surface area contributed by atoms with Gasteiger partial charge in [0, 0.05) is 12.0 Å². The fourth-order valence-corrected chi connectivity index (χ4v) is 2.85. The Balaban J connectivity index is 2.12. The normalized spacial score (nSPS) is 10.7. The van der Waals surface area contributed by atoms with Crippen molar-refractivity contribution in [1.82, 2.24) is 9.97 Å². The van der Waals surface area contributed by atoms with Gasteiger partial charge in [-0.2, -0.15) is 0 Å². The van der Waals surface area contributed by atoms with E-state index in [-0.39, 0.29) is 0 Å². The molecule has 1 aromatic carbocycles. The van der Waals surface area contributed by atoms with Gasteiger partial charge in [0.05, 0.1) is 21.6 Å². The summed E-state index contributed by atoms with van der Waals surface area (Å²) in [7, 11) is 1.64. The first-order valence-corrected chi connectivity index (χ1v) is 8.02. The van der Waals surface area contributed by atoms with Crippen LogP contribution in [-0.2, 0) is 17.1 Å². The Bertz CT molecular complexity index is 554. The fraction of sp³-hybridized carbons (Fsp3) is 0.231. The van der Waals surface area contributed by atoms with Crippen LogP contribution in [0.3, 0.4) is 0 Å². The zero-order valence-corrected chi connectivity index (χ0v) is 14.0. The number of hydrogen-bond donors (Lipinski definition) is 0. The Labute approximate surface area is 135 Å². The molecule has 0 unspecified atom stereocenters. The van der Waals surface area contributed by atoms with Crippen LogP contribution in [0.4, 0.5) is 0 Å².